The third kappa shape index (κ3) is 4.64. The van der Waals surface area contributed by atoms with E-state index in [0.717, 1.165) is 6.07 Å². The van der Waals surface area contributed by atoms with E-state index in [9.17, 15) is 17.8 Å². The summed E-state index contributed by atoms with van der Waals surface area (Å²) in [5, 5.41) is -7.47. The molecule has 0 aliphatic carbocycles. The lowest BCUT2D eigenvalue weighted by Gasteiger charge is -2.22. The number of hydrogen-bond donors (Lipinski definition) is 0. The first-order chi connectivity index (χ1) is 39.2. The first-order valence-corrected chi connectivity index (χ1v) is 15.7. The zero-order valence-corrected chi connectivity index (χ0v) is 26.5. The van der Waals surface area contributed by atoms with Gasteiger partial charge in [-0.2, -0.15) is 0 Å². The monoisotopic (exact) mass is 703 g/mol. The molecule has 0 unspecified atom stereocenters. The fourth-order valence-electron chi connectivity index (χ4n) is 6.55. The molecule has 11 aromatic rings. The molecule has 1 heteroatoms. The summed E-state index contributed by atoms with van der Waals surface area (Å²) >= 11 is 0. The lowest BCUT2D eigenvalue weighted by atomic mass is 9.81. The van der Waals surface area contributed by atoms with Crippen LogP contribution in [0, 0.1) is 0 Å². The van der Waals surface area contributed by atoms with Crippen LogP contribution < -0.4 is 0 Å². The summed E-state index contributed by atoms with van der Waals surface area (Å²) in [7, 11) is 0. The van der Waals surface area contributed by atoms with Crippen molar-refractivity contribution in [2.75, 3.05) is 0 Å². The van der Waals surface area contributed by atoms with Gasteiger partial charge in [-0.05, 0) is 118 Å². The Labute approximate surface area is 350 Å². The van der Waals surface area contributed by atoms with Crippen LogP contribution in [-0.2, 0) is 0 Å². The second kappa shape index (κ2) is 11.8. The van der Waals surface area contributed by atoms with E-state index in [1.54, 1.807) is 0 Å². The predicted molar refractivity (Wildman–Crippen MR) is 225 cm³/mol. The number of fused-ring (bicyclic) bond motifs is 7. The van der Waals surface area contributed by atoms with Gasteiger partial charge in [-0.1, -0.05) is 163 Å². The van der Waals surface area contributed by atoms with Crippen LogP contribution in [0.25, 0.3) is 110 Å². The molecule has 10 aromatic carbocycles. The summed E-state index contributed by atoms with van der Waals surface area (Å²) < 4.78 is 292. The van der Waals surface area contributed by atoms with Crippen LogP contribution in [0.2, 0.25) is 0 Å². The van der Waals surface area contributed by atoms with E-state index in [-0.39, 0.29) is 0 Å². The van der Waals surface area contributed by atoms with E-state index in [4.69, 9.17) is 29.1 Å². The van der Waals surface area contributed by atoms with Crippen molar-refractivity contribution < 1.29 is 46.9 Å². The van der Waals surface area contributed by atoms with Gasteiger partial charge >= 0.3 is 0 Å². The molecule has 1 aromatic heterocycles. The third-order valence-electron chi connectivity index (χ3n) is 8.78. The fourth-order valence-corrected chi connectivity index (χ4v) is 6.55. The quantitative estimate of drug-likeness (QED) is 0.166. The second-order valence-electron chi connectivity index (χ2n) is 11.6. The summed E-state index contributed by atoms with van der Waals surface area (Å²) in [6.07, 6.45) is 0. The van der Waals surface area contributed by atoms with E-state index >= 15 is 0 Å². The van der Waals surface area contributed by atoms with Crippen molar-refractivity contribution in [3.63, 3.8) is 0 Å². The Kier molecular flexibility index (Phi) is 2.74. The summed E-state index contributed by atoms with van der Waals surface area (Å²) in [5.41, 5.74) is -8.55. The Morgan fingerprint density at radius 2 is 0.887 bits per heavy atom. The normalized spacial score (nSPS) is 20.0. The van der Waals surface area contributed by atoms with Gasteiger partial charge in [-0.3, -0.25) is 0 Å². The van der Waals surface area contributed by atoms with Gasteiger partial charge in [0.15, 0.2) is 0 Å². The van der Waals surface area contributed by atoms with Crippen LogP contribution in [0.4, 0.5) is 0 Å². The number of benzene rings is 10. The number of rotatable bonds is 4. The Bertz CT molecular complexity index is 4980. The molecule has 0 radical (unpaired) electrons. The molecule has 0 N–H and O–H groups in total. The molecule has 53 heavy (non-hydrogen) atoms. The van der Waals surface area contributed by atoms with Crippen LogP contribution in [-0.4, -0.2) is 0 Å². The highest BCUT2D eigenvalue weighted by Crippen LogP contribution is 2.49. The number of para-hydroxylation sites is 1. The molecule has 0 bridgehead atoms. The van der Waals surface area contributed by atoms with Gasteiger partial charge < -0.3 is 4.42 Å². The molecule has 246 valence electrons. The number of furan rings is 1. The average Bonchev–Trinajstić information content (AvgIpc) is 0.849. The van der Waals surface area contributed by atoms with Gasteiger partial charge in [0.25, 0.3) is 0 Å². The van der Waals surface area contributed by atoms with Crippen molar-refractivity contribution in [1.82, 2.24) is 0 Å². The zero-order chi connectivity index (χ0) is 61.9. The largest absolute Gasteiger partial charge is 0.456 e. The molecule has 0 aliphatic heterocycles. The molecule has 0 saturated carbocycles. The van der Waals surface area contributed by atoms with Gasteiger partial charge in [-0.25, -0.2) is 0 Å². The minimum atomic E-state index is -1.21. The maximum Gasteiger partial charge on any atom is 0.135 e. The molecule has 1 heterocycles. The molecular weight excluding hydrogens is 641 g/mol. The SMILES string of the molecule is [2H]c1cc2c(-c3c(-c4c([2H])c([2H])c([2H])c([2H])c4[2H])c([2H])c4c(-c5c([2H])c([2H])c6oc7c([2H])c([2H])c([2H])c([2H])c7c6c5[2H])c5c([2H])c([2H])c([2H])c([2H])c5c(-c5c([2H])c([2H])c([2H])c6c([2H])c([2H])c([2H])c([2H])c56)c4c3[2H])c([2H])c([2H])c([2H])c2c([2H])c1[2H]. The van der Waals surface area contributed by atoms with Crippen molar-refractivity contribution in [3.8, 4) is 44.5 Å². The maximum absolute atomic E-state index is 10.8. The van der Waals surface area contributed by atoms with Gasteiger partial charge in [0.05, 0.1) is 42.5 Å². The van der Waals surface area contributed by atoms with Gasteiger partial charge in [-0.15, -0.1) is 0 Å². The van der Waals surface area contributed by atoms with Crippen molar-refractivity contribution >= 4 is 65.0 Å². The lowest BCUT2D eigenvalue weighted by molar-refractivity contribution is 0.669. The summed E-state index contributed by atoms with van der Waals surface area (Å²) in [4.78, 5) is 0. The fraction of sp³-hybridized carbons (Fsp3) is 0. The van der Waals surface area contributed by atoms with Crippen LogP contribution in [0.15, 0.2) is 198 Å². The summed E-state index contributed by atoms with van der Waals surface area (Å²) in [5.74, 6) is 0. The Morgan fingerprint density at radius 3 is 1.72 bits per heavy atom. The van der Waals surface area contributed by atoms with E-state index in [0.29, 0.717) is 0 Å². The van der Waals surface area contributed by atoms with Crippen LogP contribution >= 0.6 is 0 Å². The van der Waals surface area contributed by atoms with E-state index in [1.807, 2.05) is 0 Å². The van der Waals surface area contributed by atoms with Crippen LogP contribution in [0.3, 0.4) is 0 Å². The Balaban J connectivity index is 1.61. The van der Waals surface area contributed by atoms with Gasteiger partial charge in [0.1, 0.15) is 11.2 Å². The molecule has 0 saturated heterocycles. The van der Waals surface area contributed by atoms with Gasteiger partial charge in [0, 0.05) is 10.8 Å². The standard InChI is InChI=1S/C52H32O/c1-2-14-35(15-3-1)44-31-47-48(32-45(44)39-25-12-18-33-16-4-6-20-37(33)39)52(41-26-13-19-34-17-5-7-21-38(34)41)43-24-9-8-23-42(43)51(47)36-28-29-50-46(30-36)40-22-10-11-27-49(40)53-50/h1-32H/i1D,2D,3D,4D,5D,6D,7D,8D,9D,10D,11D,12D,13D,14D,15D,16D,17D,18D,19D,21D,22D,23D,24D,25D,26D,27D,28D,29D,30D,31D,32D. The van der Waals surface area contributed by atoms with Crippen molar-refractivity contribution in [2.45, 2.75) is 0 Å². The minimum absolute atomic E-state index is 0.535. The van der Waals surface area contributed by atoms with E-state index in [1.165, 1.54) is 0 Å². The summed E-state index contributed by atoms with van der Waals surface area (Å²) in [6.45, 7) is 0. The second-order valence-corrected chi connectivity index (χ2v) is 11.6. The Hall–Kier alpha value is -6.96. The third-order valence-corrected chi connectivity index (χ3v) is 8.78. The highest BCUT2D eigenvalue weighted by Gasteiger charge is 2.22. The molecule has 0 atom stereocenters. The van der Waals surface area contributed by atoms with Crippen LogP contribution in [0.1, 0.15) is 42.5 Å². The lowest BCUT2D eigenvalue weighted by Crippen LogP contribution is -1.95. The highest BCUT2D eigenvalue weighted by molar-refractivity contribution is 6.25. The molecule has 0 spiro atoms. The smallest absolute Gasteiger partial charge is 0.135 e. The molecule has 0 amide bonds. The summed E-state index contributed by atoms with van der Waals surface area (Å²) in [6, 6.07) is -30.1. The highest BCUT2D eigenvalue weighted by atomic mass is 16.3. The van der Waals surface area contributed by atoms with E-state index < -0.39 is 297 Å². The van der Waals surface area contributed by atoms with Crippen molar-refractivity contribution in [1.29, 1.82) is 0 Å². The molecule has 1 nitrogen and oxygen atoms in total. The van der Waals surface area contributed by atoms with Crippen molar-refractivity contribution in [3.05, 3.63) is 193 Å². The number of hydrogen-bond acceptors (Lipinski definition) is 1. The molecule has 0 aliphatic rings. The average molecular weight is 704 g/mol. The minimum Gasteiger partial charge on any atom is -0.456 e. The molecular formula is C52H32O. The topological polar surface area (TPSA) is 13.1 Å². The molecule has 11 rings (SSSR count). The van der Waals surface area contributed by atoms with Crippen molar-refractivity contribution in [2.24, 2.45) is 0 Å². The Morgan fingerprint density at radius 1 is 0.302 bits per heavy atom. The molecule has 0 fully saturated rings. The predicted octanol–water partition coefficient (Wildman–Crippen LogP) is 14.9. The maximum atomic E-state index is 10.8. The van der Waals surface area contributed by atoms with E-state index in [2.05, 4.69) is 0 Å². The van der Waals surface area contributed by atoms with Crippen LogP contribution in [0.5, 0.6) is 0 Å². The first-order valence-electron chi connectivity index (χ1n) is 31.2. The first kappa shape index (κ1) is 12.3. The zero-order valence-electron chi connectivity index (χ0n) is 57.5. The van der Waals surface area contributed by atoms with Gasteiger partial charge in [0.2, 0.25) is 0 Å².